The number of carbonyl (C=O) groups is 3. The summed E-state index contributed by atoms with van der Waals surface area (Å²) in [5, 5.41) is 0.556. The zero-order valence-corrected chi connectivity index (χ0v) is 22.0. The van der Waals surface area contributed by atoms with E-state index in [0.717, 1.165) is 15.4 Å². The Bertz CT molecular complexity index is 1190. The Labute approximate surface area is 219 Å². The van der Waals surface area contributed by atoms with E-state index in [1.807, 2.05) is 36.4 Å². The Morgan fingerprint density at radius 2 is 1.75 bits per heavy atom. The molecule has 0 aromatic heterocycles. The normalized spacial score (nSPS) is 17.3. The summed E-state index contributed by atoms with van der Waals surface area (Å²) in [6.07, 6.45) is 2.60. The van der Waals surface area contributed by atoms with E-state index in [1.54, 1.807) is 36.9 Å². The van der Waals surface area contributed by atoms with Crippen molar-refractivity contribution in [1.29, 1.82) is 0 Å². The average Bonchev–Trinajstić information content (AvgIpc) is 2.87. The Hall–Kier alpha value is -3.17. The molecule has 2 aromatic carbocycles. The molecule has 1 fully saturated rings. The second-order valence-electron chi connectivity index (χ2n) is 8.72. The minimum Gasteiger partial charge on any atom is -0.485 e. The molecule has 1 unspecified atom stereocenters. The minimum absolute atomic E-state index is 0.0325. The highest BCUT2D eigenvalue weighted by Gasteiger charge is 2.29. The summed E-state index contributed by atoms with van der Waals surface area (Å²) in [7, 11) is 3.36. The number of rotatable bonds is 5. The fraction of sp³-hybridized carbons (Fsp3) is 0.346. The number of hydrogen-bond donors (Lipinski definition) is 0. The van der Waals surface area contributed by atoms with Crippen LogP contribution in [0.4, 0.5) is 0 Å². The number of fused-ring (bicyclic) bond motifs is 1. The highest BCUT2D eigenvalue weighted by atomic mass is 35.5. The zero-order valence-electron chi connectivity index (χ0n) is 20.4. The van der Waals surface area contributed by atoms with E-state index in [2.05, 4.69) is 0 Å². The molecule has 0 radical (unpaired) electrons. The topological polar surface area (TPSA) is 79.4 Å². The molecule has 2 aliphatic rings. The monoisotopic (exact) mass is 529 g/mol. The number of benzene rings is 2. The summed E-state index contributed by atoms with van der Waals surface area (Å²) in [6.45, 7) is 3.88. The van der Waals surface area contributed by atoms with Crippen molar-refractivity contribution >= 4 is 47.2 Å². The third-order valence-corrected chi connectivity index (χ3v) is 7.42. The van der Waals surface area contributed by atoms with Crippen molar-refractivity contribution in [2.75, 3.05) is 46.9 Å². The van der Waals surface area contributed by atoms with Gasteiger partial charge in [-0.25, -0.2) is 0 Å². The first-order valence-electron chi connectivity index (χ1n) is 11.6. The molecule has 10 heteroatoms. The van der Waals surface area contributed by atoms with Crippen LogP contribution in [0.3, 0.4) is 0 Å². The van der Waals surface area contributed by atoms with Gasteiger partial charge in [-0.1, -0.05) is 29.4 Å². The predicted octanol–water partition coefficient (Wildman–Crippen LogP) is 3.42. The van der Waals surface area contributed by atoms with Gasteiger partial charge in [-0.05, 0) is 42.0 Å². The number of hydrogen-bond acceptors (Lipinski definition) is 6. The Morgan fingerprint density at radius 3 is 2.42 bits per heavy atom. The lowest BCUT2D eigenvalue weighted by atomic mass is 10.2. The summed E-state index contributed by atoms with van der Waals surface area (Å²) in [4.78, 5) is 42.9. The number of amides is 3. The van der Waals surface area contributed by atoms with E-state index in [0.29, 0.717) is 42.7 Å². The van der Waals surface area contributed by atoms with Crippen molar-refractivity contribution in [2.45, 2.75) is 22.8 Å². The second-order valence-corrected chi connectivity index (χ2v) is 10.2. The molecule has 2 aromatic rings. The fourth-order valence-corrected chi connectivity index (χ4v) is 5.02. The van der Waals surface area contributed by atoms with Gasteiger partial charge in [0.15, 0.2) is 11.5 Å². The van der Waals surface area contributed by atoms with Crippen molar-refractivity contribution in [3.8, 4) is 11.5 Å². The summed E-state index contributed by atoms with van der Waals surface area (Å²) in [5.41, 5.74) is 0.812. The maximum atomic E-state index is 12.5. The number of piperazine rings is 1. The molecular formula is C26H28ClN3O5S. The van der Waals surface area contributed by atoms with Gasteiger partial charge in [-0.15, -0.1) is 0 Å². The molecule has 0 bridgehead atoms. The van der Waals surface area contributed by atoms with Gasteiger partial charge < -0.3 is 24.2 Å². The van der Waals surface area contributed by atoms with Gasteiger partial charge in [0.25, 0.3) is 5.91 Å². The smallest absolute Gasteiger partial charge is 0.266 e. The summed E-state index contributed by atoms with van der Waals surface area (Å²) in [6, 6.07) is 11.2. The Morgan fingerprint density at radius 1 is 1.03 bits per heavy atom. The lowest BCUT2D eigenvalue weighted by molar-refractivity contribution is -0.138. The molecule has 0 saturated carbocycles. The molecule has 0 aliphatic carbocycles. The summed E-state index contributed by atoms with van der Waals surface area (Å²) in [5.74, 6) is 0.910. The molecule has 8 nitrogen and oxygen atoms in total. The lowest BCUT2D eigenvalue weighted by Gasteiger charge is -2.33. The van der Waals surface area contributed by atoms with E-state index in [-0.39, 0.29) is 24.3 Å². The number of halogens is 1. The van der Waals surface area contributed by atoms with Crippen LogP contribution in [0.5, 0.6) is 11.5 Å². The predicted molar refractivity (Wildman–Crippen MR) is 138 cm³/mol. The maximum absolute atomic E-state index is 12.5. The van der Waals surface area contributed by atoms with E-state index in [9.17, 15) is 14.4 Å². The molecule has 0 N–H and O–H groups in total. The average molecular weight is 530 g/mol. The molecule has 36 heavy (non-hydrogen) atoms. The van der Waals surface area contributed by atoms with Crippen LogP contribution in [0.25, 0.3) is 6.08 Å². The zero-order chi connectivity index (χ0) is 25.8. The first-order chi connectivity index (χ1) is 17.2. The molecule has 1 atom stereocenters. The van der Waals surface area contributed by atoms with Gasteiger partial charge in [0.05, 0.1) is 5.02 Å². The van der Waals surface area contributed by atoms with Crippen LogP contribution in [0, 0.1) is 0 Å². The first kappa shape index (κ1) is 25.9. The Kier molecular flexibility index (Phi) is 8.11. The van der Waals surface area contributed by atoms with Crippen LogP contribution in [-0.4, -0.2) is 85.4 Å². The van der Waals surface area contributed by atoms with Crippen molar-refractivity contribution in [1.82, 2.24) is 14.7 Å². The summed E-state index contributed by atoms with van der Waals surface area (Å²) < 4.78 is 11.6. The van der Waals surface area contributed by atoms with Gasteiger partial charge in [0, 0.05) is 63.1 Å². The van der Waals surface area contributed by atoms with E-state index in [4.69, 9.17) is 21.1 Å². The van der Waals surface area contributed by atoms with Crippen molar-refractivity contribution in [2.24, 2.45) is 0 Å². The van der Waals surface area contributed by atoms with Crippen LogP contribution in [0.2, 0.25) is 5.02 Å². The molecule has 4 rings (SSSR count). The van der Waals surface area contributed by atoms with Crippen LogP contribution in [0.1, 0.15) is 12.5 Å². The fourth-order valence-electron chi connectivity index (χ4n) is 3.87. The van der Waals surface area contributed by atoms with Crippen LogP contribution in [0.15, 0.2) is 52.3 Å². The minimum atomic E-state index is -0.678. The molecule has 1 saturated heterocycles. The third-order valence-electron chi connectivity index (χ3n) is 5.93. The van der Waals surface area contributed by atoms with Crippen molar-refractivity contribution in [3.63, 3.8) is 0 Å². The van der Waals surface area contributed by atoms with E-state index >= 15 is 0 Å². The maximum Gasteiger partial charge on any atom is 0.266 e. The van der Waals surface area contributed by atoms with Crippen LogP contribution >= 0.6 is 23.4 Å². The third kappa shape index (κ3) is 6.14. The number of likely N-dealkylation sites (N-methyl/N-ethyl adjacent to an activating group) is 1. The van der Waals surface area contributed by atoms with Gasteiger partial charge in [0.1, 0.15) is 6.61 Å². The van der Waals surface area contributed by atoms with Gasteiger partial charge in [-0.2, -0.15) is 0 Å². The molecule has 190 valence electrons. The molecule has 0 spiro atoms. The lowest BCUT2D eigenvalue weighted by Crippen LogP contribution is -2.49. The quantitative estimate of drug-likeness (QED) is 0.552. The van der Waals surface area contributed by atoms with Crippen LogP contribution in [-0.2, 0) is 14.4 Å². The Balaban J connectivity index is 1.38. The van der Waals surface area contributed by atoms with E-state index in [1.165, 1.54) is 22.7 Å². The number of carbonyl (C=O) groups excluding carboxylic acids is 3. The van der Waals surface area contributed by atoms with Gasteiger partial charge in [-0.3, -0.25) is 14.4 Å². The molecule has 3 amide bonds. The van der Waals surface area contributed by atoms with Gasteiger partial charge >= 0.3 is 0 Å². The first-order valence-corrected chi connectivity index (χ1v) is 12.8. The van der Waals surface area contributed by atoms with Crippen molar-refractivity contribution in [3.05, 3.63) is 53.1 Å². The van der Waals surface area contributed by atoms with E-state index < -0.39 is 6.10 Å². The standard InChI is InChI=1S/C26H28ClN3O5S/c1-17(31)29-10-12-30(13-11-29)25(32)9-5-18-4-8-24(20(27)14-18)36-19-6-7-21-22(15-19)35-23(16-34-21)26(33)28(2)3/h4-9,14-15,23H,10-13,16H2,1-3H3/b9-5+. The van der Waals surface area contributed by atoms with Crippen LogP contribution < -0.4 is 9.47 Å². The number of ether oxygens (including phenoxy) is 2. The summed E-state index contributed by atoms with van der Waals surface area (Å²) >= 11 is 8.01. The molecule has 2 heterocycles. The van der Waals surface area contributed by atoms with Gasteiger partial charge in [0.2, 0.25) is 17.9 Å². The molecule has 2 aliphatic heterocycles. The highest BCUT2D eigenvalue weighted by Crippen LogP contribution is 2.40. The highest BCUT2D eigenvalue weighted by molar-refractivity contribution is 7.99. The number of nitrogens with zero attached hydrogens (tertiary/aromatic N) is 3. The molecular weight excluding hydrogens is 502 g/mol. The second kappa shape index (κ2) is 11.3. The SMILES string of the molecule is CC(=O)N1CCN(C(=O)/C=C/c2ccc(Sc3ccc4c(c3)OC(C(=O)N(C)C)CO4)c(Cl)c2)CC1. The van der Waals surface area contributed by atoms with Crippen molar-refractivity contribution < 1.29 is 23.9 Å². The largest absolute Gasteiger partial charge is 0.485 e.